The Bertz CT molecular complexity index is 680. The van der Waals surface area contributed by atoms with Crippen molar-refractivity contribution in [1.82, 2.24) is 0 Å². The Morgan fingerprint density at radius 3 is 2.59 bits per heavy atom. The van der Waals surface area contributed by atoms with Crippen molar-refractivity contribution in [3.63, 3.8) is 0 Å². The molecule has 0 heterocycles. The first-order valence-electron chi connectivity index (χ1n) is 7.15. The molecule has 114 valence electrons. The average molecular weight is 297 g/mol. The van der Waals surface area contributed by atoms with Crippen LogP contribution in [-0.4, -0.2) is 18.3 Å². The Kier molecular flexibility index (Phi) is 5.31. The fourth-order valence-electron chi connectivity index (χ4n) is 2.01. The van der Waals surface area contributed by atoms with Gasteiger partial charge in [0.1, 0.15) is 5.75 Å². The van der Waals surface area contributed by atoms with Crippen LogP contribution in [0.3, 0.4) is 0 Å². The molecule has 2 aromatic carbocycles. The summed E-state index contributed by atoms with van der Waals surface area (Å²) in [5.74, 6) is 0.582. The number of hydrogen-bond donors (Lipinski definition) is 1. The predicted molar refractivity (Wildman–Crippen MR) is 86.4 cm³/mol. The van der Waals surface area contributed by atoms with Crippen molar-refractivity contribution < 1.29 is 14.3 Å². The van der Waals surface area contributed by atoms with Gasteiger partial charge < -0.3 is 10.1 Å². The summed E-state index contributed by atoms with van der Waals surface area (Å²) in [5, 5.41) is 2.76. The topological polar surface area (TPSA) is 55.4 Å². The molecule has 0 unspecified atom stereocenters. The van der Waals surface area contributed by atoms with Crippen LogP contribution in [0, 0.1) is 6.92 Å². The molecular formula is C18H19NO3. The minimum Gasteiger partial charge on any atom is -0.493 e. The number of carbonyl (C=O) groups is 2. The van der Waals surface area contributed by atoms with Crippen LogP contribution in [0.25, 0.3) is 0 Å². The second kappa shape index (κ2) is 7.41. The standard InChI is InChI=1S/C18H19NO3/c1-13-5-3-8-17(11-13)22-10-9-18(21)19-16-7-4-6-15(12-16)14(2)20/h3-8,11-12H,9-10H2,1-2H3,(H,19,21). The molecule has 0 aromatic heterocycles. The number of carbonyl (C=O) groups excluding carboxylic acids is 2. The Morgan fingerprint density at radius 2 is 1.86 bits per heavy atom. The van der Waals surface area contributed by atoms with Crippen LogP contribution in [-0.2, 0) is 4.79 Å². The molecule has 0 aliphatic carbocycles. The number of aryl methyl sites for hydroxylation is 1. The maximum Gasteiger partial charge on any atom is 0.227 e. The molecule has 0 aliphatic rings. The quantitative estimate of drug-likeness (QED) is 0.829. The Labute approximate surface area is 130 Å². The number of amides is 1. The summed E-state index contributed by atoms with van der Waals surface area (Å²) in [5.41, 5.74) is 2.31. The highest BCUT2D eigenvalue weighted by atomic mass is 16.5. The molecule has 0 spiro atoms. The molecule has 0 aliphatic heterocycles. The lowest BCUT2D eigenvalue weighted by Gasteiger charge is -2.08. The van der Waals surface area contributed by atoms with E-state index in [2.05, 4.69) is 5.32 Å². The molecule has 0 fully saturated rings. The van der Waals surface area contributed by atoms with E-state index < -0.39 is 0 Å². The van der Waals surface area contributed by atoms with Gasteiger partial charge in [0.05, 0.1) is 13.0 Å². The van der Waals surface area contributed by atoms with Crippen molar-refractivity contribution in [2.24, 2.45) is 0 Å². The molecule has 2 aromatic rings. The SMILES string of the molecule is CC(=O)c1cccc(NC(=O)CCOc2cccc(C)c2)c1. The minimum atomic E-state index is -0.145. The average Bonchev–Trinajstić information content (AvgIpc) is 2.47. The van der Waals surface area contributed by atoms with Crippen LogP contribution < -0.4 is 10.1 Å². The molecule has 0 atom stereocenters. The highest BCUT2D eigenvalue weighted by Crippen LogP contribution is 2.13. The summed E-state index contributed by atoms with van der Waals surface area (Å²) in [4.78, 5) is 23.2. The van der Waals surface area contributed by atoms with Crippen molar-refractivity contribution in [3.8, 4) is 5.75 Å². The van der Waals surface area contributed by atoms with Gasteiger partial charge in [-0.05, 0) is 43.7 Å². The molecule has 2 rings (SSSR count). The van der Waals surface area contributed by atoms with Crippen molar-refractivity contribution in [2.45, 2.75) is 20.3 Å². The Morgan fingerprint density at radius 1 is 1.09 bits per heavy atom. The number of nitrogens with one attached hydrogen (secondary N) is 1. The second-order valence-corrected chi connectivity index (χ2v) is 5.10. The largest absolute Gasteiger partial charge is 0.493 e. The van der Waals surface area contributed by atoms with Gasteiger partial charge >= 0.3 is 0 Å². The minimum absolute atomic E-state index is 0.0288. The van der Waals surface area contributed by atoms with E-state index in [9.17, 15) is 9.59 Å². The zero-order valence-corrected chi connectivity index (χ0v) is 12.8. The number of ether oxygens (including phenoxy) is 1. The monoisotopic (exact) mass is 297 g/mol. The van der Waals surface area contributed by atoms with Gasteiger partial charge in [0.2, 0.25) is 5.91 Å². The molecule has 1 N–H and O–H groups in total. The van der Waals surface area contributed by atoms with E-state index in [1.165, 1.54) is 6.92 Å². The molecular weight excluding hydrogens is 278 g/mol. The van der Waals surface area contributed by atoms with Crippen LogP contribution in [0.4, 0.5) is 5.69 Å². The van der Waals surface area contributed by atoms with Crippen LogP contribution in [0.15, 0.2) is 48.5 Å². The highest BCUT2D eigenvalue weighted by molar-refractivity contribution is 5.97. The van der Waals surface area contributed by atoms with Gasteiger partial charge in [-0.25, -0.2) is 0 Å². The van der Waals surface area contributed by atoms with E-state index in [1.807, 2.05) is 31.2 Å². The fourth-order valence-corrected chi connectivity index (χ4v) is 2.01. The normalized spacial score (nSPS) is 10.1. The van der Waals surface area contributed by atoms with E-state index in [-0.39, 0.29) is 18.1 Å². The molecule has 0 saturated carbocycles. The van der Waals surface area contributed by atoms with Gasteiger partial charge in [-0.2, -0.15) is 0 Å². The van der Waals surface area contributed by atoms with Crippen molar-refractivity contribution in [2.75, 3.05) is 11.9 Å². The molecule has 0 saturated heterocycles. The maximum absolute atomic E-state index is 11.9. The predicted octanol–water partition coefficient (Wildman–Crippen LogP) is 3.61. The van der Waals surface area contributed by atoms with Crippen LogP contribution in [0.2, 0.25) is 0 Å². The van der Waals surface area contributed by atoms with Gasteiger partial charge in [-0.1, -0.05) is 24.3 Å². The van der Waals surface area contributed by atoms with Crippen LogP contribution in [0.1, 0.15) is 29.3 Å². The number of hydrogen-bond acceptors (Lipinski definition) is 3. The first-order chi connectivity index (χ1) is 10.5. The van der Waals surface area contributed by atoms with Crippen molar-refractivity contribution in [1.29, 1.82) is 0 Å². The fraction of sp³-hybridized carbons (Fsp3) is 0.222. The molecule has 22 heavy (non-hydrogen) atoms. The summed E-state index contributed by atoms with van der Waals surface area (Å²) in [6.45, 7) is 3.79. The van der Waals surface area contributed by atoms with Gasteiger partial charge in [0.25, 0.3) is 0 Å². The Balaban J connectivity index is 1.83. The molecule has 0 bridgehead atoms. The van der Waals surface area contributed by atoms with E-state index in [4.69, 9.17) is 4.74 Å². The molecule has 4 heteroatoms. The van der Waals surface area contributed by atoms with Gasteiger partial charge in [0.15, 0.2) is 5.78 Å². The lowest BCUT2D eigenvalue weighted by molar-refractivity contribution is -0.116. The second-order valence-electron chi connectivity index (χ2n) is 5.10. The van der Waals surface area contributed by atoms with E-state index in [1.54, 1.807) is 24.3 Å². The van der Waals surface area contributed by atoms with Crippen LogP contribution in [0.5, 0.6) is 5.75 Å². The first kappa shape index (κ1) is 15.8. The smallest absolute Gasteiger partial charge is 0.227 e. The van der Waals surface area contributed by atoms with Crippen molar-refractivity contribution in [3.05, 3.63) is 59.7 Å². The number of benzene rings is 2. The Hall–Kier alpha value is -2.62. The number of ketones is 1. The summed E-state index contributed by atoms with van der Waals surface area (Å²) < 4.78 is 5.54. The highest BCUT2D eigenvalue weighted by Gasteiger charge is 2.05. The van der Waals surface area contributed by atoms with Gasteiger partial charge in [-0.3, -0.25) is 9.59 Å². The van der Waals surface area contributed by atoms with E-state index >= 15 is 0 Å². The van der Waals surface area contributed by atoms with Gasteiger partial charge in [0, 0.05) is 11.3 Å². The zero-order valence-electron chi connectivity index (χ0n) is 12.8. The third-order valence-electron chi connectivity index (χ3n) is 3.14. The lowest BCUT2D eigenvalue weighted by atomic mass is 10.1. The maximum atomic E-state index is 11.9. The zero-order chi connectivity index (χ0) is 15.9. The van der Waals surface area contributed by atoms with Crippen LogP contribution >= 0.6 is 0 Å². The molecule has 1 amide bonds. The third kappa shape index (κ3) is 4.74. The van der Waals surface area contributed by atoms with Crippen molar-refractivity contribution >= 4 is 17.4 Å². The van der Waals surface area contributed by atoms with E-state index in [0.29, 0.717) is 17.9 Å². The van der Waals surface area contributed by atoms with E-state index in [0.717, 1.165) is 11.3 Å². The first-order valence-corrected chi connectivity index (χ1v) is 7.15. The summed E-state index contributed by atoms with van der Waals surface area (Å²) in [6, 6.07) is 14.6. The summed E-state index contributed by atoms with van der Waals surface area (Å²) in [6.07, 6.45) is 0.248. The van der Waals surface area contributed by atoms with Gasteiger partial charge in [-0.15, -0.1) is 0 Å². The number of anilines is 1. The summed E-state index contributed by atoms with van der Waals surface area (Å²) in [7, 11) is 0. The number of rotatable bonds is 6. The number of Topliss-reactive ketones (excluding diaryl/α,β-unsaturated/α-hetero) is 1. The molecule has 0 radical (unpaired) electrons. The molecule has 4 nitrogen and oxygen atoms in total. The summed E-state index contributed by atoms with van der Waals surface area (Å²) >= 11 is 0. The lowest BCUT2D eigenvalue weighted by Crippen LogP contribution is -2.15. The third-order valence-corrected chi connectivity index (χ3v) is 3.14.